The highest BCUT2D eigenvalue weighted by atomic mass is 19.1. The molecular formula is C25H23FN6O2. The molecule has 0 aliphatic carbocycles. The van der Waals surface area contributed by atoms with Crippen molar-refractivity contribution in [3.05, 3.63) is 67.1 Å². The molecule has 0 amide bonds. The maximum absolute atomic E-state index is 15.2. The predicted octanol–water partition coefficient (Wildman–Crippen LogP) is 4.61. The third kappa shape index (κ3) is 4.01. The van der Waals surface area contributed by atoms with E-state index >= 15 is 4.39 Å². The van der Waals surface area contributed by atoms with Crippen LogP contribution in [0, 0.1) is 5.82 Å². The van der Waals surface area contributed by atoms with Gasteiger partial charge < -0.3 is 15.2 Å². The highest BCUT2D eigenvalue weighted by Crippen LogP contribution is 2.37. The van der Waals surface area contributed by atoms with Gasteiger partial charge >= 0.3 is 0 Å². The van der Waals surface area contributed by atoms with Gasteiger partial charge in [0, 0.05) is 30.4 Å². The van der Waals surface area contributed by atoms with Gasteiger partial charge in [0.1, 0.15) is 24.0 Å². The van der Waals surface area contributed by atoms with Gasteiger partial charge in [-0.1, -0.05) is 0 Å². The van der Waals surface area contributed by atoms with E-state index in [2.05, 4.69) is 25.4 Å². The molecule has 172 valence electrons. The number of pyridine rings is 1. The Kier molecular flexibility index (Phi) is 5.54. The molecule has 0 spiro atoms. The molecule has 9 heteroatoms. The topological polar surface area (TPSA) is 98.0 Å². The molecule has 2 aromatic carbocycles. The van der Waals surface area contributed by atoms with Crippen molar-refractivity contribution in [3.63, 3.8) is 0 Å². The minimum Gasteiger partial charge on any atom is -0.487 e. The second-order valence-electron chi connectivity index (χ2n) is 8.18. The monoisotopic (exact) mass is 458 g/mol. The number of anilines is 2. The largest absolute Gasteiger partial charge is 0.487 e. The first-order valence-electron chi connectivity index (χ1n) is 10.8. The number of hydrogen-bond donors (Lipinski definition) is 2. The number of halogens is 1. The van der Waals surface area contributed by atoms with E-state index in [0.717, 1.165) is 11.1 Å². The van der Waals surface area contributed by atoms with Crippen LogP contribution in [0.5, 0.6) is 5.75 Å². The van der Waals surface area contributed by atoms with Crippen LogP contribution in [0.2, 0.25) is 0 Å². The second kappa shape index (κ2) is 8.68. The molecule has 0 radical (unpaired) electrons. The summed E-state index contributed by atoms with van der Waals surface area (Å²) in [5, 5.41) is 18.4. The fourth-order valence-electron chi connectivity index (χ4n) is 3.72. The minimum absolute atomic E-state index is 0.256. The molecule has 3 heterocycles. The van der Waals surface area contributed by atoms with E-state index in [1.165, 1.54) is 6.33 Å². The Morgan fingerprint density at radius 1 is 1.06 bits per heavy atom. The summed E-state index contributed by atoms with van der Waals surface area (Å²) in [6.45, 7) is 3.44. The lowest BCUT2D eigenvalue weighted by Gasteiger charge is -2.20. The molecule has 0 unspecified atom stereocenters. The number of aliphatic hydroxyl groups excluding tert-OH is 1. The summed E-state index contributed by atoms with van der Waals surface area (Å²) in [6, 6.07) is 10.5. The highest BCUT2D eigenvalue weighted by Gasteiger charge is 2.19. The Hall–Kier alpha value is -4.11. The molecular weight excluding hydrogens is 435 g/mol. The molecule has 2 atom stereocenters. The summed E-state index contributed by atoms with van der Waals surface area (Å²) in [6.07, 6.45) is 5.48. The number of rotatable bonds is 6. The third-order valence-corrected chi connectivity index (χ3v) is 5.70. The van der Waals surface area contributed by atoms with Gasteiger partial charge in [0.15, 0.2) is 5.82 Å². The minimum atomic E-state index is -0.705. The first-order chi connectivity index (χ1) is 16.4. The van der Waals surface area contributed by atoms with Crippen LogP contribution in [0.3, 0.4) is 0 Å². The van der Waals surface area contributed by atoms with Crippen molar-refractivity contribution in [2.75, 3.05) is 5.32 Å². The molecule has 3 aromatic heterocycles. The summed E-state index contributed by atoms with van der Waals surface area (Å²) in [5.74, 6) is 0.428. The van der Waals surface area contributed by atoms with Crippen molar-refractivity contribution in [1.29, 1.82) is 0 Å². The van der Waals surface area contributed by atoms with Crippen LogP contribution in [0.15, 0.2) is 61.3 Å². The number of benzene rings is 2. The van der Waals surface area contributed by atoms with Gasteiger partial charge in [-0.25, -0.2) is 14.4 Å². The number of ether oxygens (including phenoxy) is 1. The lowest BCUT2D eigenvalue weighted by Crippen LogP contribution is -2.25. The van der Waals surface area contributed by atoms with Crippen LogP contribution in [0.1, 0.15) is 13.8 Å². The summed E-state index contributed by atoms with van der Waals surface area (Å²) in [4.78, 5) is 13.0. The van der Waals surface area contributed by atoms with Crippen molar-refractivity contribution in [3.8, 4) is 16.9 Å². The number of hydrogen-bond acceptors (Lipinski definition) is 7. The fourth-order valence-corrected chi connectivity index (χ4v) is 3.72. The molecule has 5 aromatic rings. The average molecular weight is 458 g/mol. The fraction of sp³-hybridized carbons (Fsp3) is 0.200. The number of aliphatic hydroxyl groups is 1. The molecule has 0 saturated carbocycles. The van der Waals surface area contributed by atoms with Gasteiger partial charge in [0.05, 0.1) is 34.4 Å². The van der Waals surface area contributed by atoms with E-state index < -0.39 is 18.0 Å². The van der Waals surface area contributed by atoms with Gasteiger partial charge in [-0.15, -0.1) is 0 Å². The van der Waals surface area contributed by atoms with Crippen LogP contribution in [-0.2, 0) is 7.05 Å². The molecule has 34 heavy (non-hydrogen) atoms. The normalized spacial score (nSPS) is 13.2. The first kappa shape index (κ1) is 21.7. The molecule has 5 rings (SSSR count). The van der Waals surface area contributed by atoms with Crippen LogP contribution >= 0.6 is 0 Å². The summed E-state index contributed by atoms with van der Waals surface area (Å²) in [5.41, 5.74) is 3.16. The molecule has 0 aliphatic heterocycles. The van der Waals surface area contributed by atoms with Crippen molar-refractivity contribution in [2.24, 2.45) is 7.05 Å². The van der Waals surface area contributed by atoms with Crippen LogP contribution in [0.4, 0.5) is 15.9 Å². The molecule has 8 nitrogen and oxygen atoms in total. The van der Waals surface area contributed by atoms with E-state index in [4.69, 9.17) is 4.74 Å². The number of nitrogens with zero attached hydrogens (tertiary/aromatic N) is 5. The molecule has 0 bridgehead atoms. The number of fused-ring (bicyclic) bond motifs is 2. The smallest absolute Gasteiger partial charge is 0.156 e. The maximum Gasteiger partial charge on any atom is 0.156 e. The van der Waals surface area contributed by atoms with E-state index in [-0.39, 0.29) is 5.69 Å². The third-order valence-electron chi connectivity index (χ3n) is 5.70. The van der Waals surface area contributed by atoms with E-state index in [9.17, 15) is 5.11 Å². The van der Waals surface area contributed by atoms with Crippen LogP contribution in [-0.4, -0.2) is 42.0 Å². The van der Waals surface area contributed by atoms with Crippen LogP contribution < -0.4 is 10.1 Å². The Bertz CT molecular complexity index is 1500. The molecule has 0 fully saturated rings. The standard InChI is InChI=1S/C25H23FN6O2/c1-14(33)15(2)34-22-10-16(17-11-30-32(3)12-17)9-21-23(22)25(29-13-28-21)31-20-7-6-19-18(24(20)26)5-4-8-27-19/h4-15,33H,1-3H3,(H,28,29,31)/t14-,15-/m1/s1. The zero-order chi connectivity index (χ0) is 23.8. The predicted molar refractivity (Wildman–Crippen MR) is 128 cm³/mol. The number of aromatic nitrogens is 5. The Balaban J connectivity index is 1.66. The van der Waals surface area contributed by atoms with Crippen LogP contribution in [0.25, 0.3) is 32.9 Å². The van der Waals surface area contributed by atoms with E-state index in [1.807, 2.05) is 25.4 Å². The van der Waals surface area contributed by atoms with Gasteiger partial charge in [-0.2, -0.15) is 5.10 Å². The van der Waals surface area contributed by atoms with Crippen molar-refractivity contribution in [1.82, 2.24) is 24.7 Å². The summed E-state index contributed by atoms with van der Waals surface area (Å²) >= 11 is 0. The quantitative estimate of drug-likeness (QED) is 0.383. The lowest BCUT2D eigenvalue weighted by molar-refractivity contribution is 0.0615. The van der Waals surface area contributed by atoms with Crippen molar-refractivity contribution in [2.45, 2.75) is 26.1 Å². The first-order valence-corrected chi connectivity index (χ1v) is 10.8. The Morgan fingerprint density at radius 2 is 1.91 bits per heavy atom. The second-order valence-corrected chi connectivity index (χ2v) is 8.18. The van der Waals surface area contributed by atoms with Gasteiger partial charge in [0.25, 0.3) is 0 Å². The zero-order valence-corrected chi connectivity index (χ0v) is 18.9. The van der Waals surface area contributed by atoms with E-state index in [0.29, 0.717) is 33.4 Å². The van der Waals surface area contributed by atoms with Crippen molar-refractivity contribution < 1.29 is 14.2 Å². The Labute approximate surface area is 195 Å². The summed E-state index contributed by atoms with van der Waals surface area (Å²) in [7, 11) is 1.84. The van der Waals surface area contributed by atoms with Crippen molar-refractivity contribution >= 4 is 33.3 Å². The molecule has 2 N–H and O–H groups in total. The van der Waals surface area contributed by atoms with Gasteiger partial charge in [-0.3, -0.25) is 9.67 Å². The van der Waals surface area contributed by atoms with Gasteiger partial charge in [0.2, 0.25) is 0 Å². The Morgan fingerprint density at radius 3 is 2.68 bits per heavy atom. The molecule has 0 saturated heterocycles. The number of nitrogens with one attached hydrogen (secondary N) is 1. The number of aryl methyl sites for hydroxylation is 1. The average Bonchev–Trinajstić information content (AvgIpc) is 3.27. The van der Waals surface area contributed by atoms with E-state index in [1.54, 1.807) is 55.2 Å². The highest BCUT2D eigenvalue weighted by molar-refractivity contribution is 5.99. The zero-order valence-electron chi connectivity index (χ0n) is 18.9. The maximum atomic E-state index is 15.2. The summed E-state index contributed by atoms with van der Waals surface area (Å²) < 4.78 is 23.1. The lowest BCUT2D eigenvalue weighted by atomic mass is 10.1. The van der Waals surface area contributed by atoms with Gasteiger partial charge in [-0.05, 0) is 55.8 Å². The molecule has 0 aliphatic rings. The SMILES string of the molecule is C[C@@H](O)[C@@H](C)Oc1cc(-c2cnn(C)c2)cc2ncnc(Nc3ccc4ncccc4c3F)c12.